The second kappa shape index (κ2) is 7.66. The number of aromatic hydroxyl groups is 1. The lowest BCUT2D eigenvalue weighted by atomic mass is 10.2. The number of nitrogens with zero attached hydrogens (tertiary/aromatic N) is 1. The maximum Gasteiger partial charge on any atom is 0.224 e. The van der Waals surface area contributed by atoms with Crippen LogP contribution in [-0.4, -0.2) is 16.0 Å². The zero-order valence-electron chi connectivity index (χ0n) is 14.0. The first kappa shape index (κ1) is 16.8. The lowest BCUT2D eigenvalue weighted by molar-refractivity contribution is -0.116. The minimum absolute atomic E-state index is 0.0687. The minimum atomic E-state index is -0.143. The van der Waals surface area contributed by atoms with Crippen LogP contribution in [0.25, 0.3) is 11.3 Å². The van der Waals surface area contributed by atoms with Crippen molar-refractivity contribution in [1.82, 2.24) is 4.98 Å². The molecule has 3 rings (SSSR count). The molecular weight excluding hydrogens is 316 g/mol. The molecule has 0 saturated heterocycles. The van der Waals surface area contributed by atoms with E-state index in [0.29, 0.717) is 30.8 Å². The Morgan fingerprint density at radius 2 is 2.00 bits per heavy atom. The number of aryl methyl sites for hydroxylation is 2. The lowest BCUT2D eigenvalue weighted by Gasteiger charge is -2.07. The molecule has 0 unspecified atom stereocenters. The van der Waals surface area contributed by atoms with Crippen molar-refractivity contribution in [2.45, 2.75) is 26.2 Å². The van der Waals surface area contributed by atoms with Gasteiger partial charge < -0.3 is 14.8 Å². The predicted molar refractivity (Wildman–Crippen MR) is 96.4 cm³/mol. The smallest absolute Gasteiger partial charge is 0.224 e. The van der Waals surface area contributed by atoms with Gasteiger partial charge in [-0.1, -0.05) is 36.4 Å². The van der Waals surface area contributed by atoms with Crippen molar-refractivity contribution in [3.63, 3.8) is 0 Å². The summed E-state index contributed by atoms with van der Waals surface area (Å²) in [6, 6.07) is 14.9. The summed E-state index contributed by atoms with van der Waals surface area (Å²) >= 11 is 0. The standard InChI is InChI=1S/C20H20N2O3/c1-14-10-11-17(23)16(12-14)22-19(24)8-5-9-20-21-13-18(25-20)15-6-3-2-4-7-15/h2-4,6-7,10-13,23H,5,8-9H2,1H3,(H,22,24). The number of amides is 1. The summed E-state index contributed by atoms with van der Waals surface area (Å²) in [5.74, 6) is 1.27. The Morgan fingerprint density at radius 1 is 1.20 bits per heavy atom. The highest BCUT2D eigenvalue weighted by Crippen LogP contribution is 2.24. The summed E-state index contributed by atoms with van der Waals surface area (Å²) in [6.45, 7) is 1.90. The number of carbonyl (C=O) groups is 1. The molecule has 0 spiro atoms. The maximum atomic E-state index is 12.0. The monoisotopic (exact) mass is 336 g/mol. The summed E-state index contributed by atoms with van der Waals surface area (Å²) in [5.41, 5.74) is 2.39. The first-order valence-corrected chi connectivity index (χ1v) is 8.21. The highest BCUT2D eigenvalue weighted by Gasteiger charge is 2.09. The summed E-state index contributed by atoms with van der Waals surface area (Å²) in [7, 11) is 0. The molecule has 2 aromatic carbocycles. The van der Waals surface area contributed by atoms with Crippen LogP contribution in [0.15, 0.2) is 59.1 Å². The molecule has 1 amide bonds. The minimum Gasteiger partial charge on any atom is -0.506 e. The molecule has 5 nitrogen and oxygen atoms in total. The molecule has 2 N–H and O–H groups in total. The molecule has 1 aromatic heterocycles. The van der Waals surface area contributed by atoms with Gasteiger partial charge in [-0.2, -0.15) is 0 Å². The third kappa shape index (κ3) is 4.47. The summed E-state index contributed by atoms with van der Waals surface area (Å²) < 4.78 is 5.72. The van der Waals surface area contributed by atoms with Crippen LogP contribution >= 0.6 is 0 Å². The van der Waals surface area contributed by atoms with Crippen molar-refractivity contribution in [1.29, 1.82) is 0 Å². The Labute approximate surface area is 146 Å². The molecule has 0 aliphatic heterocycles. The van der Waals surface area contributed by atoms with Gasteiger partial charge >= 0.3 is 0 Å². The number of phenolic OH excluding ortho intramolecular Hbond substituents is 1. The fraction of sp³-hybridized carbons (Fsp3) is 0.200. The zero-order chi connectivity index (χ0) is 17.6. The summed E-state index contributed by atoms with van der Waals surface area (Å²) in [5, 5.41) is 12.5. The van der Waals surface area contributed by atoms with Crippen LogP contribution in [0.4, 0.5) is 5.69 Å². The zero-order valence-corrected chi connectivity index (χ0v) is 14.0. The summed E-state index contributed by atoms with van der Waals surface area (Å²) in [6.07, 6.45) is 3.24. The van der Waals surface area contributed by atoms with Crippen molar-refractivity contribution in [3.05, 3.63) is 66.2 Å². The first-order valence-electron chi connectivity index (χ1n) is 8.21. The van der Waals surface area contributed by atoms with Crippen molar-refractivity contribution in [2.75, 3.05) is 5.32 Å². The SMILES string of the molecule is Cc1ccc(O)c(NC(=O)CCCc2ncc(-c3ccccc3)o2)c1. The number of phenols is 1. The maximum absolute atomic E-state index is 12.0. The van der Waals surface area contributed by atoms with E-state index >= 15 is 0 Å². The molecule has 0 aliphatic carbocycles. The molecule has 0 saturated carbocycles. The number of anilines is 1. The molecular formula is C20H20N2O3. The number of hydrogen-bond acceptors (Lipinski definition) is 4. The van der Waals surface area contributed by atoms with E-state index in [1.165, 1.54) is 0 Å². The predicted octanol–water partition coefficient (Wildman–Crippen LogP) is 4.32. The average molecular weight is 336 g/mol. The van der Waals surface area contributed by atoms with Gasteiger partial charge in [-0.3, -0.25) is 4.79 Å². The Hall–Kier alpha value is -3.08. The number of carbonyl (C=O) groups excluding carboxylic acids is 1. The van der Waals surface area contributed by atoms with E-state index in [9.17, 15) is 9.90 Å². The summed E-state index contributed by atoms with van der Waals surface area (Å²) in [4.78, 5) is 16.3. The van der Waals surface area contributed by atoms with Crippen molar-refractivity contribution < 1.29 is 14.3 Å². The van der Waals surface area contributed by atoms with Gasteiger partial charge in [0, 0.05) is 18.4 Å². The highest BCUT2D eigenvalue weighted by atomic mass is 16.4. The van der Waals surface area contributed by atoms with Gasteiger partial charge in [-0.15, -0.1) is 0 Å². The molecule has 0 radical (unpaired) electrons. The average Bonchev–Trinajstić information content (AvgIpc) is 3.08. The molecule has 0 bridgehead atoms. The fourth-order valence-electron chi connectivity index (χ4n) is 2.52. The highest BCUT2D eigenvalue weighted by molar-refractivity contribution is 5.92. The quantitative estimate of drug-likeness (QED) is 0.658. The third-order valence-electron chi connectivity index (χ3n) is 3.83. The van der Waals surface area contributed by atoms with Crippen LogP contribution < -0.4 is 5.32 Å². The first-order chi connectivity index (χ1) is 12.1. The Bertz CT molecular complexity index is 856. The largest absolute Gasteiger partial charge is 0.506 e. The van der Waals surface area contributed by atoms with E-state index in [1.54, 1.807) is 24.4 Å². The van der Waals surface area contributed by atoms with Crippen LogP contribution in [0, 0.1) is 6.92 Å². The third-order valence-corrected chi connectivity index (χ3v) is 3.83. The number of rotatable bonds is 6. The molecule has 25 heavy (non-hydrogen) atoms. The van der Waals surface area contributed by atoms with E-state index in [1.807, 2.05) is 37.3 Å². The molecule has 3 aromatic rings. The normalized spacial score (nSPS) is 10.6. The Kier molecular flexibility index (Phi) is 5.14. The van der Waals surface area contributed by atoms with Crippen molar-refractivity contribution in [3.8, 4) is 17.1 Å². The number of benzene rings is 2. The fourth-order valence-corrected chi connectivity index (χ4v) is 2.52. The molecule has 0 fully saturated rings. The van der Waals surface area contributed by atoms with Gasteiger partial charge in [0.05, 0.1) is 11.9 Å². The topological polar surface area (TPSA) is 75.4 Å². The van der Waals surface area contributed by atoms with Crippen molar-refractivity contribution in [2.24, 2.45) is 0 Å². The number of aromatic nitrogens is 1. The van der Waals surface area contributed by atoms with Crippen LogP contribution in [0.5, 0.6) is 5.75 Å². The Morgan fingerprint density at radius 3 is 2.80 bits per heavy atom. The van der Waals surface area contributed by atoms with Crippen LogP contribution in [0.1, 0.15) is 24.3 Å². The van der Waals surface area contributed by atoms with Crippen LogP contribution in [0.3, 0.4) is 0 Å². The van der Waals surface area contributed by atoms with Gasteiger partial charge in [-0.25, -0.2) is 4.98 Å². The lowest BCUT2D eigenvalue weighted by Crippen LogP contribution is -2.11. The second-order valence-corrected chi connectivity index (χ2v) is 5.91. The van der Waals surface area contributed by atoms with Gasteiger partial charge in [0.15, 0.2) is 11.7 Å². The molecule has 0 atom stereocenters. The molecule has 0 aliphatic rings. The Balaban J connectivity index is 1.50. The van der Waals surface area contributed by atoms with E-state index in [2.05, 4.69) is 10.3 Å². The van der Waals surface area contributed by atoms with Crippen LogP contribution in [-0.2, 0) is 11.2 Å². The van der Waals surface area contributed by atoms with Gasteiger partial charge in [-0.05, 0) is 31.0 Å². The number of nitrogens with one attached hydrogen (secondary N) is 1. The van der Waals surface area contributed by atoms with E-state index in [4.69, 9.17) is 4.42 Å². The van der Waals surface area contributed by atoms with Crippen LogP contribution in [0.2, 0.25) is 0 Å². The van der Waals surface area contributed by atoms with Crippen molar-refractivity contribution >= 4 is 11.6 Å². The molecule has 128 valence electrons. The second-order valence-electron chi connectivity index (χ2n) is 5.91. The molecule has 5 heteroatoms. The van der Waals surface area contributed by atoms with E-state index in [-0.39, 0.29) is 11.7 Å². The van der Waals surface area contributed by atoms with E-state index < -0.39 is 0 Å². The molecule has 1 heterocycles. The number of oxazole rings is 1. The number of hydrogen-bond donors (Lipinski definition) is 2. The van der Waals surface area contributed by atoms with E-state index in [0.717, 1.165) is 16.9 Å². The van der Waals surface area contributed by atoms with Gasteiger partial charge in [0.2, 0.25) is 5.91 Å². The van der Waals surface area contributed by atoms with Gasteiger partial charge in [0.1, 0.15) is 5.75 Å². The van der Waals surface area contributed by atoms with Gasteiger partial charge in [0.25, 0.3) is 0 Å².